The summed E-state index contributed by atoms with van der Waals surface area (Å²) < 4.78 is 15.4. The Labute approximate surface area is 197 Å². The minimum absolute atomic E-state index is 0.0665. The first-order valence-electron chi connectivity index (χ1n) is 11.6. The van der Waals surface area contributed by atoms with Crippen molar-refractivity contribution in [3.8, 4) is 11.3 Å². The number of pyridine rings is 1. The van der Waals surface area contributed by atoms with Crippen LogP contribution in [0.1, 0.15) is 30.1 Å². The average Bonchev–Trinajstić information content (AvgIpc) is 3.27. The van der Waals surface area contributed by atoms with Crippen LogP contribution in [0.3, 0.4) is 0 Å². The number of nitrogens with one attached hydrogen (secondary N) is 3. The van der Waals surface area contributed by atoms with Gasteiger partial charge in [-0.05, 0) is 87.3 Å². The van der Waals surface area contributed by atoms with Crippen LogP contribution in [0.15, 0.2) is 66.7 Å². The molecular formula is C26H27FN6O. The third-order valence-electron chi connectivity index (χ3n) is 6.33. The van der Waals surface area contributed by atoms with E-state index in [0.29, 0.717) is 23.1 Å². The number of carbonyl (C=O) groups excluding carboxylic acids is 1. The molecule has 4 aromatic rings. The molecule has 1 aliphatic rings. The fourth-order valence-electron chi connectivity index (χ4n) is 4.41. The molecule has 8 heteroatoms. The molecule has 1 unspecified atom stereocenters. The van der Waals surface area contributed by atoms with Gasteiger partial charge in [0.1, 0.15) is 5.82 Å². The van der Waals surface area contributed by atoms with Crippen LogP contribution in [0, 0.1) is 11.7 Å². The highest BCUT2D eigenvalue weighted by Crippen LogP contribution is 2.23. The SMILES string of the molecule is CC(NC(=O)c1ccc(Nc2nc3cccc(-c4cccc(F)c4)n3n2)cc1)C1CCNCC1. The molecule has 3 N–H and O–H groups in total. The zero-order valence-corrected chi connectivity index (χ0v) is 19.0. The van der Waals surface area contributed by atoms with Crippen LogP contribution in [0.2, 0.25) is 0 Å². The van der Waals surface area contributed by atoms with Crippen molar-refractivity contribution in [2.45, 2.75) is 25.8 Å². The zero-order chi connectivity index (χ0) is 23.5. The van der Waals surface area contributed by atoms with Crippen molar-refractivity contribution in [3.05, 3.63) is 78.1 Å². The number of hydrogen-bond donors (Lipinski definition) is 3. The van der Waals surface area contributed by atoms with Crippen LogP contribution < -0.4 is 16.0 Å². The summed E-state index contributed by atoms with van der Waals surface area (Å²) in [4.78, 5) is 17.2. The summed E-state index contributed by atoms with van der Waals surface area (Å²) in [5.41, 5.74) is 3.49. The maximum absolute atomic E-state index is 13.7. The highest BCUT2D eigenvalue weighted by Gasteiger charge is 2.21. The first-order chi connectivity index (χ1) is 16.6. The first kappa shape index (κ1) is 22.0. The summed E-state index contributed by atoms with van der Waals surface area (Å²) in [5, 5.41) is 14.2. The van der Waals surface area contributed by atoms with E-state index in [1.807, 2.05) is 36.4 Å². The van der Waals surface area contributed by atoms with E-state index >= 15 is 0 Å². The second-order valence-corrected chi connectivity index (χ2v) is 8.68. The van der Waals surface area contributed by atoms with E-state index in [-0.39, 0.29) is 17.8 Å². The molecule has 1 aliphatic heterocycles. The maximum atomic E-state index is 13.7. The fraction of sp³-hybridized carbons (Fsp3) is 0.269. The van der Waals surface area contributed by atoms with Crippen molar-refractivity contribution < 1.29 is 9.18 Å². The second kappa shape index (κ2) is 9.61. The monoisotopic (exact) mass is 458 g/mol. The van der Waals surface area contributed by atoms with Gasteiger partial charge < -0.3 is 16.0 Å². The molecule has 0 spiro atoms. The van der Waals surface area contributed by atoms with E-state index in [4.69, 9.17) is 0 Å². The normalized spacial score (nSPS) is 15.2. The van der Waals surface area contributed by atoms with Gasteiger partial charge in [0.05, 0.1) is 5.69 Å². The van der Waals surface area contributed by atoms with Crippen LogP contribution in [0.25, 0.3) is 16.9 Å². The number of hydrogen-bond acceptors (Lipinski definition) is 5. The third-order valence-corrected chi connectivity index (χ3v) is 6.33. The van der Waals surface area contributed by atoms with Gasteiger partial charge in [-0.2, -0.15) is 4.98 Å². The van der Waals surface area contributed by atoms with Crippen LogP contribution >= 0.6 is 0 Å². The van der Waals surface area contributed by atoms with Gasteiger partial charge in [-0.15, -0.1) is 5.10 Å². The quantitative estimate of drug-likeness (QED) is 0.399. The number of benzene rings is 2. The summed E-state index contributed by atoms with van der Waals surface area (Å²) >= 11 is 0. The Morgan fingerprint density at radius 2 is 1.85 bits per heavy atom. The van der Waals surface area contributed by atoms with E-state index in [1.54, 1.807) is 22.7 Å². The molecule has 1 atom stereocenters. The molecule has 3 heterocycles. The first-order valence-corrected chi connectivity index (χ1v) is 11.6. The standard InChI is InChI=1S/C26H27FN6O/c1-17(18-12-14-28-15-13-18)29-25(34)19-8-10-22(11-9-19)30-26-31-24-7-3-6-23(33(24)32-26)20-4-2-5-21(27)16-20/h2-11,16-18,28H,12-15H2,1H3,(H,29,34)(H,30,32). The van der Waals surface area contributed by atoms with E-state index in [0.717, 1.165) is 42.9 Å². The minimum atomic E-state index is -0.303. The number of rotatable bonds is 6. The van der Waals surface area contributed by atoms with Gasteiger partial charge in [-0.1, -0.05) is 18.2 Å². The van der Waals surface area contributed by atoms with Crippen molar-refractivity contribution in [3.63, 3.8) is 0 Å². The lowest BCUT2D eigenvalue weighted by atomic mass is 9.91. The number of aromatic nitrogens is 3. The summed E-state index contributed by atoms with van der Waals surface area (Å²) in [6.45, 7) is 4.09. The average molecular weight is 459 g/mol. The van der Waals surface area contributed by atoms with Crippen molar-refractivity contribution in [1.29, 1.82) is 0 Å². The topological polar surface area (TPSA) is 83.4 Å². The van der Waals surface area contributed by atoms with Crippen LogP contribution in [-0.4, -0.2) is 39.6 Å². The molecule has 1 amide bonds. The number of carbonyl (C=O) groups is 1. The number of fused-ring (bicyclic) bond motifs is 1. The Balaban J connectivity index is 1.29. The Bertz CT molecular complexity index is 1300. The van der Waals surface area contributed by atoms with E-state index < -0.39 is 0 Å². The Hall–Kier alpha value is -3.78. The molecule has 1 fully saturated rings. The highest BCUT2D eigenvalue weighted by atomic mass is 19.1. The molecule has 0 aliphatic carbocycles. The number of nitrogens with zero attached hydrogens (tertiary/aromatic N) is 3. The van der Waals surface area contributed by atoms with Crippen LogP contribution in [0.5, 0.6) is 0 Å². The molecule has 0 saturated carbocycles. The molecule has 0 radical (unpaired) electrons. The van der Waals surface area contributed by atoms with Crippen LogP contribution in [-0.2, 0) is 0 Å². The molecule has 2 aromatic heterocycles. The molecular weight excluding hydrogens is 431 g/mol. The molecule has 1 saturated heterocycles. The lowest BCUT2D eigenvalue weighted by Crippen LogP contribution is -2.42. The minimum Gasteiger partial charge on any atom is -0.349 e. The van der Waals surface area contributed by atoms with Gasteiger partial charge in [0.25, 0.3) is 5.91 Å². The predicted octanol–water partition coefficient (Wildman–Crippen LogP) is 4.40. The molecule has 34 heavy (non-hydrogen) atoms. The fourth-order valence-corrected chi connectivity index (χ4v) is 4.41. The van der Waals surface area contributed by atoms with Gasteiger partial charge in [0.2, 0.25) is 5.95 Å². The number of amides is 1. The lowest BCUT2D eigenvalue weighted by Gasteiger charge is -2.28. The van der Waals surface area contributed by atoms with E-state index in [1.165, 1.54) is 12.1 Å². The summed E-state index contributed by atoms with van der Waals surface area (Å²) in [6, 6.07) is 19.4. The largest absolute Gasteiger partial charge is 0.349 e. The lowest BCUT2D eigenvalue weighted by molar-refractivity contribution is 0.0920. The summed E-state index contributed by atoms with van der Waals surface area (Å²) in [5.74, 6) is 0.551. The molecule has 174 valence electrons. The molecule has 2 aromatic carbocycles. The Morgan fingerprint density at radius 3 is 2.62 bits per heavy atom. The number of piperidine rings is 1. The Kier molecular flexibility index (Phi) is 6.22. The van der Waals surface area contributed by atoms with Crippen LogP contribution in [0.4, 0.5) is 16.0 Å². The second-order valence-electron chi connectivity index (χ2n) is 8.68. The predicted molar refractivity (Wildman–Crippen MR) is 131 cm³/mol. The van der Waals surface area contributed by atoms with E-state index in [2.05, 4.69) is 33.0 Å². The van der Waals surface area contributed by atoms with Crippen molar-refractivity contribution in [1.82, 2.24) is 25.2 Å². The summed E-state index contributed by atoms with van der Waals surface area (Å²) in [6.07, 6.45) is 2.16. The number of halogens is 1. The third kappa shape index (κ3) is 4.77. The summed E-state index contributed by atoms with van der Waals surface area (Å²) in [7, 11) is 0. The van der Waals surface area contributed by atoms with E-state index in [9.17, 15) is 9.18 Å². The number of anilines is 2. The molecule has 0 bridgehead atoms. The van der Waals surface area contributed by atoms with Gasteiger partial charge in [0.15, 0.2) is 5.65 Å². The zero-order valence-electron chi connectivity index (χ0n) is 19.0. The van der Waals surface area contributed by atoms with Gasteiger partial charge in [-0.25, -0.2) is 8.91 Å². The maximum Gasteiger partial charge on any atom is 0.251 e. The van der Waals surface area contributed by atoms with Gasteiger partial charge >= 0.3 is 0 Å². The highest BCUT2D eigenvalue weighted by molar-refractivity contribution is 5.94. The molecule has 5 rings (SSSR count). The van der Waals surface area contributed by atoms with Crippen molar-refractivity contribution in [2.24, 2.45) is 5.92 Å². The van der Waals surface area contributed by atoms with Gasteiger partial charge in [-0.3, -0.25) is 4.79 Å². The van der Waals surface area contributed by atoms with Crippen molar-refractivity contribution >= 4 is 23.2 Å². The smallest absolute Gasteiger partial charge is 0.251 e. The van der Waals surface area contributed by atoms with Crippen molar-refractivity contribution in [2.75, 3.05) is 18.4 Å². The van der Waals surface area contributed by atoms with Gasteiger partial charge in [0, 0.05) is 22.9 Å². The Morgan fingerprint density at radius 1 is 1.09 bits per heavy atom. The molecule has 7 nitrogen and oxygen atoms in total.